The number of rotatable bonds is 6. The first kappa shape index (κ1) is 21.7. The number of amides is 2. The SMILES string of the molecule is COc1ccc(C(=O)Nc2cc3c(N[C@@H]4CC[C@H](C)C4(C)C)c(C(N)=O)cnn3c2)cc1. The highest BCUT2D eigenvalue weighted by Crippen LogP contribution is 2.44. The number of nitrogens with two attached hydrogens (primary N) is 1. The van der Waals surface area contributed by atoms with Crippen molar-refractivity contribution in [2.45, 2.75) is 39.7 Å². The molecule has 2 amide bonds. The van der Waals surface area contributed by atoms with Gasteiger partial charge in [-0.3, -0.25) is 9.59 Å². The van der Waals surface area contributed by atoms with E-state index in [4.69, 9.17) is 10.5 Å². The Morgan fingerprint density at radius 3 is 2.53 bits per heavy atom. The number of carbonyl (C=O) groups is 2. The van der Waals surface area contributed by atoms with E-state index in [0.29, 0.717) is 39.7 Å². The Kier molecular flexibility index (Phi) is 5.54. The fraction of sp³-hybridized carbons (Fsp3) is 0.375. The topological polar surface area (TPSA) is 111 Å². The van der Waals surface area contributed by atoms with Crippen LogP contribution in [-0.4, -0.2) is 34.6 Å². The Morgan fingerprint density at radius 2 is 1.94 bits per heavy atom. The van der Waals surface area contributed by atoms with Gasteiger partial charge in [-0.1, -0.05) is 20.8 Å². The molecule has 0 bridgehead atoms. The Labute approximate surface area is 187 Å². The van der Waals surface area contributed by atoms with Crippen LogP contribution < -0.4 is 21.1 Å². The molecule has 0 saturated heterocycles. The first-order chi connectivity index (χ1) is 15.2. The number of aromatic nitrogens is 2. The van der Waals surface area contributed by atoms with Gasteiger partial charge in [-0.05, 0) is 54.5 Å². The monoisotopic (exact) mass is 435 g/mol. The maximum Gasteiger partial charge on any atom is 0.255 e. The summed E-state index contributed by atoms with van der Waals surface area (Å²) in [6.45, 7) is 6.73. The van der Waals surface area contributed by atoms with E-state index < -0.39 is 5.91 Å². The summed E-state index contributed by atoms with van der Waals surface area (Å²) in [5.41, 5.74) is 8.45. The van der Waals surface area contributed by atoms with Gasteiger partial charge in [0, 0.05) is 11.6 Å². The van der Waals surface area contributed by atoms with Crippen molar-refractivity contribution < 1.29 is 14.3 Å². The molecule has 3 aromatic rings. The van der Waals surface area contributed by atoms with Crippen molar-refractivity contribution in [3.05, 3.63) is 53.9 Å². The summed E-state index contributed by atoms with van der Waals surface area (Å²) in [5, 5.41) is 10.8. The number of primary amides is 1. The number of hydrogen-bond donors (Lipinski definition) is 3. The van der Waals surface area contributed by atoms with Crippen LogP contribution in [0.2, 0.25) is 0 Å². The van der Waals surface area contributed by atoms with E-state index in [9.17, 15) is 9.59 Å². The van der Waals surface area contributed by atoms with Gasteiger partial charge in [-0.2, -0.15) is 5.10 Å². The summed E-state index contributed by atoms with van der Waals surface area (Å²) in [6, 6.07) is 8.85. The summed E-state index contributed by atoms with van der Waals surface area (Å²) < 4.78 is 6.78. The predicted molar refractivity (Wildman–Crippen MR) is 124 cm³/mol. The van der Waals surface area contributed by atoms with E-state index in [1.54, 1.807) is 48.2 Å². The molecule has 4 N–H and O–H groups in total. The van der Waals surface area contributed by atoms with E-state index >= 15 is 0 Å². The first-order valence-corrected chi connectivity index (χ1v) is 10.7. The lowest BCUT2D eigenvalue weighted by atomic mass is 9.80. The van der Waals surface area contributed by atoms with Crippen molar-refractivity contribution >= 4 is 28.7 Å². The Balaban J connectivity index is 1.66. The van der Waals surface area contributed by atoms with Gasteiger partial charge in [0.05, 0.1) is 42.0 Å². The summed E-state index contributed by atoms with van der Waals surface area (Å²) in [7, 11) is 1.58. The molecule has 2 aromatic heterocycles. The molecule has 8 heteroatoms. The van der Waals surface area contributed by atoms with Crippen molar-refractivity contribution in [2.24, 2.45) is 17.1 Å². The van der Waals surface area contributed by atoms with E-state index in [1.165, 1.54) is 6.20 Å². The molecule has 4 rings (SSSR count). The van der Waals surface area contributed by atoms with Gasteiger partial charge in [0.25, 0.3) is 11.8 Å². The van der Waals surface area contributed by atoms with Crippen molar-refractivity contribution in [1.29, 1.82) is 0 Å². The van der Waals surface area contributed by atoms with Gasteiger partial charge >= 0.3 is 0 Å². The number of carbonyl (C=O) groups excluding carboxylic acids is 2. The average molecular weight is 436 g/mol. The van der Waals surface area contributed by atoms with Crippen LogP contribution in [0, 0.1) is 11.3 Å². The Hall–Kier alpha value is -3.55. The summed E-state index contributed by atoms with van der Waals surface area (Å²) in [4.78, 5) is 24.8. The van der Waals surface area contributed by atoms with Gasteiger partial charge in [-0.15, -0.1) is 0 Å². The van der Waals surface area contributed by atoms with Crippen LogP contribution in [-0.2, 0) is 0 Å². The lowest BCUT2D eigenvalue weighted by Gasteiger charge is -2.33. The average Bonchev–Trinajstić information content (AvgIpc) is 3.28. The molecule has 1 saturated carbocycles. The highest BCUT2D eigenvalue weighted by atomic mass is 16.5. The van der Waals surface area contributed by atoms with Gasteiger partial charge in [0.2, 0.25) is 0 Å². The van der Waals surface area contributed by atoms with Crippen LogP contribution in [0.5, 0.6) is 5.75 Å². The summed E-state index contributed by atoms with van der Waals surface area (Å²) in [6.07, 6.45) is 5.30. The molecule has 0 spiro atoms. The van der Waals surface area contributed by atoms with Crippen molar-refractivity contribution in [3.8, 4) is 5.75 Å². The number of hydrogen-bond acceptors (Lipinski definition) is 5. The van der Waals surface area contributed by atoms with Crippen LogP contribution in [0.25, 0.3) is 5.52 Å². The molecular formula is C24H29N5O3. The second-order valence-corrected chi connectivity index (χ2v) is 9.04. The molecular weight excluding hydrogens is 406 g/mol. The number of nitrogens with one attached hydrogen (secondary N) is 2. The molecule has 0 aliphatic heterocycles. The first-order valence-electron chi connectivity index (χ1n) is 10.7. The maximum atomic E-state index is 12.7. The number of benzene rings is 1. The lowest BCUT2D eigenvalue weighted by Crippen LogP contribution is -2.35. The molecule has 8 nitrogen and oxygen atoms in total. The number of nitrogens with zero attached hydrogens (tertiary/aromatic N) is 2. The maximum absolute atomic E-state index is 12.7. The molecule has 1 aliphatic carbocycles. The molecule has 2 heterocycles. The zero-order chi connectivity index (χ0) is 23.0. The third-order valence-electron chi connectivity index (χ3n) is 6.89. The van der Waals surface area contributed by atoms with Crippen LogP contribution in [0.1, 0.15) is 54.3 Å². The molecule has 1 aliphatic rings. The molecule has 2 atom stereocenters. The van der Waals surface area contributed by atoms with Gasteiger partial charge in [-0.25, -0.2) is 4.52 Å². The standard InChI is InChI=1S/C24H29N5O3/c1-14-5-10-20(24(14,2)3)28-21-18(22(25)30)12-26-29-13-16(11-19(21)29)27-23(31)15-6-8-17(32-4)9-7-15/h6-9,11-14,20,28H,5,10H2,1-4H3,(H2,25,30)(H,27,31)/t14-,20+/m0/s1. The largest absolute Gasteiger partial charge is 0.497 e. The highest BCUT2D eigenvalue weighted by molar-refractivity contribution is 6.06. The quantitative estimate of drug-likeness (QED) is 0.543. The third-order valence-corrected chi connectivity index (χ3v) is 6.89. The van der Waals surface area contributed by atoms with E-state index in [2.05, 4.69) is 36.5 Å². The van der Waals surface area contributed by atoms with Crippen molar-refractivity contribution in [3.63, 3.8) is 0 Å². The minimum Gasteiger partial charge on any atom is -0.497 e. The number of methoxy groups -OCH3 is 1. The van der Waals surface area contributed by atoms with Crippen LogP contribution >= 0.6 is 0 Å². The minimum atomic E-state index is -0.545. The van der Waals surface area contributed by atoms with Gasteiger partial charge < -0.3 is 21.1 Å². The van der Waals surface area contributed by atoms with Crippen molar-refractivity contribution in [2.75, 3.05) is 17.7 Å². The minimum absolute atomic E-state index is 0.0627. The number of anilines is 2. The fourth-order valence-electron chi connectivity index (χ4n) is 4.35. The van der Waals surface area contributed by atoms with Crippen LogP contribution in [0.4, 0.5) is 11.4 Å². The molecule has 1 fully saturated rings. The normalized spacial score (nSPS) is 19.6. The lowest BCUT2D eigenvalue weighted by molar-refractivity contribution is 0.0997. The second kappa shape index (κ2) is 8.18. The van der Waals surface area contributed by atoms with E-state index in [-0.39, 0.29) is 17.4 Å². The molecule has 0 unspecified atom stereocenters. The number of fused-ring (bicyclic) bond motifs is 1. The fourth-order valence-corrected chi connectivity index (χ4v) is 4.35. The van der Waals surface area contributed by atoms with E-state index in [0.717, 1.165) is 12.8 Å². The third kappa shape index (κ3) is 3.88. The highest BCUT2D eigenvalue weighted by Gasteiger charge is 2.41. The molecule has 0 radical (unpaired) electrons. The molecule has 1 aromatic carbocycles. The zero-order valence-corrected chi connectivity index (χ0v) is 18.8. The number of ether oxygens (including phenoxy) is 1. The van der Waals surface area contributed by atoms with Crippen molar-refractivity contribution in [1.82, 2.24) is 9.61 Å². The summed E-state index contributed by atoms with van der Waals surface area (Å²) in [5.74, 6) is 0.440. The van der Waals surface area contributed by atoms with Gasteiger partial charge in [0.1, 0.15) is 5.75 Å². The second-order valence-electron chi connectivity index (χ2n) is 9.04. The molecule has 32 heavy (non-hydrogen) atoms. The predicted octanol–water partition coefficient (Wildman–Crippen LogP) is 3.93. The Morgan fingerprint density at radius 1 is 1.22 bits per heavy atom. The zero-order valence-electron chi connectivity index (χ0n) is 18.8. The smallest absolute Gasteiger partial charge is 0.255 e. The Bertz CT molecular complexity index is 1170. The molecule has 168 valence electrons. The van der Waals surface area contributed by atoms with E-state index in [1.807, 2.05) is 0 Å². The van der Waals surface area contributed by atoms with Gasteiger partial charge in [0.15, 0.2) is 0 Å². The van der Waals surface area contributed by atoms with Crippen LogP contribution in [0.3, 0.4) is 0 Å². The van der Waals surface area contributed by atoms with Crippen LogP contribution in [0.15, 0.2) is 42.7 Å². The summed E-state index contributed by atoms with van der Waals surface area (Å²) >= 11 is 0.